The summed E-state index contributed by atoms with van der Waals surface area (Å²) in [5.41, 5.74) is 5.39. The summed E-state index contributed by atoms with van der Waals surface area (Å²) in [5, 5.41) is 0. The van der Waals surface area contributed by atoms with Gasteiger partial charge in [-0.15, -0.1) is 5.73 Å². The second kappa shape index (κ2) is 5.99. The van der Waals surface area contributed by atoms with Crippen molar-refractivity contribution < 1.29 is 6.22 Å². The Kier molecular flexibility index (Phi) is 4.62. The number of aromatic nitrogens is 1. The first-order chi connectivity index (χ1) is 7.83. The quantitative estimate of drug-likeness (QED) is 0.456. The van der Waals surface area contributed by atoms with Crippen LogP contribution in [-0.4, -0.2) is 18.6 Å². The normalized spacial score (nSPS) is 11.4. The maximum atomic E-state index is 11.4. The predicted molar refractivity (Wildman–Crippen MR) is 70.7 cm³/mol. The highest BCUT2D eigenvalue weighted by Crippen LogP contribution is 2.20. The molecule has 0 saturated heterocycles. The zero-order valence-corrected chi connectivity index (χ0v) is 9.58. The van der Waals surface area contributed by atoms with E-state index in [1.807, 2.05) is 32.1 Å². The smallest absolute Gasteiger partial charge is 0.156 e. The van der Waals surface area contributed by atoms with Crippen molar-refractivity contribution in [3.8, 4) is 0 Å². The summed E-state index contributed by atoms with van der Waals surface area (Å²) in [4.78, 5) is 14.5. The van der Waals surface area contributed by atoms with Crippen molar-refractivity contribution in [1.82, 2.24) is 4.98 Å². The van der Waals surface area contributed by atoms with Gasteiger partial charge >= 0.3 is 0 Å². The van der Waals surface area contributed by atoms with E-state index in [4.69, 9.17) is 7.85 Å². The van der Waals surface area contributed by atoms with Gasteiger partial charge in [0.15, 0.2) is 5.78 Å². The number of carbonyl (C=O) groups is 1. The summed E-state index contributed by atoms with van der Waals surface area (Å²) in [5.74, 6) is -0.0533. The Labute approximate surface area is 98.7 Å². The fourth-order valence-corrected chi connectivity index (χ4v) is 1.42. The molecule has 82 valence electrons. The highest BCUT2D eigenvalue weighted by molar-refractivity contribution is 6.24. The van der Waals surface area contributed by atoms with Gasteiger partial charge < -0.3 is 4.98 Å². The molecule has 2 nitrogen and oxygen atoms in total. The molecule has 0 aromatic carbocycles. The molecule has 0 atom stereocenters. The van der Waals surface area contributed by atoms with Gasteiger partial charge in [0.25, 0.3) is 0 Å². The topological polar surface area (TPSA) is 32.9 Å². The Morgan fingerprint density at radius 3 is 3.00 bits per heavy atom. The van der Waals surface area contributed by atoms with E-state index < -0.39 is 0 Å². The highest BCUT2D eigenvalue weighted by atomic mass is 16.1. The fraction of sp³-hybridized carbons (Fsp3) is 0.231. The van der Waals surface area contributed by atoms with Gasteiger partial charge in [0.05, 0.1) is 13.5 Å². The number of carbonyl (C=O) groups excluding carboxylic acids is 1. The molecule has 0 amide bonds. The van der Waals surface area contributed by atoms with Gasteiger partial charge in [-0.25, -0.2) is 0 Å². The Balaban J connectivity index is 0.000000811. The number of fused-ring (bicyclic) bond motifs is 1. The largest absolute Gasteiger partial charge is 0.360 e. The lowest BCUT2D eigenvalue weighted by atomic mass is 9.94. The molecule has 2 rings (SSSR count). The number of H-pyrrole nitrogens is 1. The van der Waals surface area contributed by atoms with Gasteiger partial charge in [-0.3, -0.25) is 4.79 Å². The third kappa shape index (κ3) is 2.44. The maximum Gasteiger partial charge on any atom is 0.156 e. The van der Waals surface area contributed by atoms with Crippen LogP contribution in [0, 0.1) is 0 Å². The van der Waals surface area contributed by atoms with Gasteiger partial charge in [0.2, 0.25) is 0 Å². The van der Waals surface area contributed by atoms with Crippen LogP contribution < -0.4 is 0 Å². The second-order valence-corrected chi connectivity index (χ2v) is 2.99. The van der Waals surface area contributed by atoms with Crippen LogP contribution in [0.3, 0.4) is 0 Å². The van der Waals surface area contributed by atoms with E-state index in [9.17, 15) is 4.79 Å². The predicted octanol–water partition coefficient (Wildman–Crippen LogP) is 3.25. The van der Waals surface area contributed by atoms with Crippen LogP contribution in [0.15, 0.2) is 24.1 Å². The number of hydrogen-bond donors (Lipinski definition) is 1. The van der Waals surface area contributed by atoms with E-state index in [0.717, 1.165) is 11.3 Å². The summed E-state index contributed by atoms with van der Waals surface area (Å²) < 4.78 is 0. The molecule has 0 fully saturated rings. The first-order valence-corrected chi connectivity index (χ1v) is 5.36. The van der Waals surface area contributed by atoms with E-state index in [1.165, 1.54) is 0 Å². The second-order valence-electron chi connectivity index (χ2n) is 2.99. The van der Waals surface area contributed by atoms with Gasteiger partial charge in [0.1, 0.15) is 0 Å². The Bertz CT molecular complexity index is 468. The number of ketones is 1. The summed E-state index contributed by atoms with van der Waals surface area (Å²) in [6.07, 6.45) is 9.06. The molecule has 1 aliphatic rings. The van der Waals surface area contributed by atoms with Gasteiger partial charge in [-0.05, 0) is 12.4 Å². The van der Waals surface area contributed by atoms with Crippen molar-refractivity contribution in [3.63, 3.8) is 0 Å². The maximum absolute atomic E-state index is 11.4. The molecule has 0 bridgehead atoms. The van der Waals surface area contributed by atoms with Gasteiger partial charge in [0, 0.05) is 24.8 Å². The summed E-state index contributed by atoms with van der Waals surface area (Å²) >= 11 is 0. The van der Waals surface area contributed by atoms with Crippen LogP contribution in [0.5, 0.6) is 0 Å². The Hall–Kier alpha value is -1.73. The third-order valence-corrected chi connectivity index (χ3v) is 2.12. The van der Waals surface area contributed by atoms with E-state index in [-0.39, 0.29) is 13.5 Å². The van der Waals surface area contributed by atoms with Crippen LogP contribution in [0.1, 0.15) is 36.9 Å². The van der Waals surface area contributed by atoms with Crippen molar-refractivity contribution in [1.29, 1.82) is 0 Å². The lowest BCUT2D eigenvalue weighted by molar-refractivity contribution is 0.101. The average molecular weight is 213 g/mol. The Morgan fingerprint density at radius 2 is 2.31 bits per heavy atom. The van der Waals surface area contributed by atoms with E-state index in [1.54, 1.807) is 12.3 Å². The Morgan fingerprint density at radius 1 is 1.56 bits per heavy atom. The fourth-order valence-electron chi connectivity index (χ4n) is 1.42. The summed E-state index contributed by atoms with van der Waals surface area (Å²) in [7, 11) is 5.31. The number of allylic oxidation sites excluding steroid dienone is 2. The van der Waals surface area contributed by atoms with Crippen molar-refractivity contribution in [3.05, 3.63) is 40.9 Å². The molecule has 1 N–H and O–H groups in total. The van der Waals surface area contributed by atoms with Crippen molar-refractivity contribution >= 4 is 25.8 Å². The van der Waals surface area contributed by atoms with Gasteiger partial charge in [-0.2, -0.15) is 0 Å². The van der Waals surface area contributed by atoms with Crippen LogP contribution in [0.4, 0.5) is 0 Å². The van der Waals surface area contributed by atoms with E-state index in [2.05, 4.69) is 10.7 Å². The van der Waals surface area contributed by atoms with Gasteiger partial charge in [-0.1, -0.05) is 26.0 Å². The molecule has 2 radical (unpaired) electrons. The monoisotopic (exact) mass is 213 g/mol. The number of rotatable bonds is 2. The van der Waals surface area contributed by atoms with Crippen molar-refractivity contribution in [2.75, 3.05) is 0 Å². The number of hydrogen-bond acceptors (Lipinski definition) is 1. The molecule has 1 aliphatic carbocycles. The number of Topliss-reactive ketones (excluding diaryl/α,β-unsaturated/α-hetero) is 1. The average Bonchev–Trinajstić information content (AvgIpc) is 2.60. The molecule has 0 unspecified atom stereocenters. The minimum atomic E-state index is -0.0533. The lowest BCUT2D eigenvalue weighted by Crippen LogP contribution is -1.97. The van der Waals surface area contributed by atoms with E-state index in [0.29, 0.717) is 5.56 Å². The molecule has 1 aromatic heterocycles. The standard InChI is InChI=1S/C11H8BNO.C2H6.H2/c12-6-11(14)9-7-13-10-5-3-1-2-4-8(9)10;1-2;/h1-2,4-5,7,13H,6H2;1-2H3;1H. The molecule has 3 heteroatoms. The molecular weight excluding hydrogens is 197 g/mol. The van der Waals surface area contributed by atoms with Crippen molar-refractivity contribution in [2.24, 2.45) is 0 Å². The molecule has 16 heavy (non-hydrogen) atoms. The number of aromatic amines is 1. The minimum absolute atomic E-state index is 0. The third-order valence-electron chi connectivity index (χ3n) is 2.12. The molecule has 1 aromatic rings. The van der Waals surface area contributed by atoms with Crippen LogP contribution in [0.2, 0.25) is 6.32 Å². The first kappa shape index (κ1) is 12.3. The molecular formula is C13H16BNO. The van der Waals surface area contributed by atoms with Crippen LogP contribution in [-0.2, 0) is 0 Å². The minimum Gasteiger partial charge on any atom is -0.360 e. The van der Waals surface area contributed by atoms with E-state index >= 15 is 0 Å². The molecule has 0 aliphatic heterocycles. The zero-order chi connectivity index (χ0) is 12.0. The van der Waals surface area contributed by atoms with Crippen molar-refractivity contribution in [2.45, 2.75) is 20.2 Å². The molecule has 0 spiro atoms. The molecule has 0 saturated carbocycles. The van der Waals surface area contributed by atoms with Crippen LogP contribution >= 0.6 is 0 Å². The molecule has 1 heterocycles. The number of nitrogens with one attached hydrogen (secondary N) is 1. The van der Waals surface area contributed by atoms with Crippen LogP contribution in [0.25, 0.3) is 12.2 Å². The summed E-state index contributed by atoms with van der Waals surface area (Å²) in [6.45, 7) is 4.00. The SMILES string of the molecule is CC.[B]CC(=O)c1c[nH]c2c1C=CC=C=C2.[HH]. The lowest BCUT2D eigenvalue weighted by Gasteiger charge is -1.96. The highest BCUT2D eigenvalue weighted by Gasteiger charge is 2.12. The first-order valence-electron chi connectivity index (χ1n) is 5.36. The summed E-state index contributed by atoms with van der Waals surface area (Å²) in [6, 6.07) is 0. The zero-order valence-electron chi connectivity index (χ0n) is 9.58.